The van der Waals surface area contributed by atoms with Crippen molar-refractivity contribution in [2.24, 2.45) is 17.8 Å². The number of sulfonamides is 1. The molecule has 4 amide bonds. The Bertz CT molecular complexity index is 1950. The molecule has 2 aromatic rings. The van der Waals surface area contributed by atoms with Gasteiger partial charge in [-0.3, -0.25) is 19.1 Å². The molecule has 3 heterocycles. The van der Waals surface area contributed by atoms with E-state index in [4.69, 9.17) is 25.8 Å². The number of halogens is 1. The van der Waals surface area contributed by atoms with Crippen molar-refractivity contribution in [3.05, 3.63) is 41.6 Å². The molecule has 294 valence electrons. The highest BCUT2D eigenvalue weighted by Crippen LogP contribution is 2.46. The summed E-state index contributed by atoms with van der Waals surface area (Å²) in [5, 5.41) is 6.60. The average Bonchev–Trinajstić information content (AvgIpc) is 4.02. The number of alkyl carbamates (subject to hydrolysis) is 1. The van der Waals surface area contributed by atoms with Crippen LogP contribution in [0.4, 0.5) is 4.79 Å². The number of nitrogens with one attached hydrogen (secondary N) is 3. The zero-order valence-electron chi connectivity index (χ0n) is 31.5. The smallest absolute Gasteiger partial charge is 0.408 e. The van der Waals surface area contributed by atoms with Crippen LogP contribution in [-0.2, 0) is 29.1 Å². The van der Waals surface area contributed by atoms with Gasteiger partial charge in [-0.15, -0.1) is 0 Å². The van der Waals surface area contributed by atoms with Crippen LogP contribution in [0.5, 0.6) is 11.6 Å². The summed E-state index contributed by atoms with van der Waals surface area (Å²) in [4.78, 5) is 61.9. The van der Waals surface area contributed by atoms with Gasteiger partial charge in [-0.1, -0.05) is 50.1 Å². The van der Waals surface area contributed by atoms with Crippen molar-refractivity contribution in [1.29, 1.82) is 0 Å². The Morgan fingerprint density at radius 2 is 1.83 bits per heavy atom. The summed E-state index contributed by atoms with van der Waals surface area (Å²) in [6.45, 7) is 9.03. The first-order valence-corrected chi connectivity index (χ1v) is 20.5. The molecular weight excluding hydrogens is 738 g/mol. The summed E-state index contributed by atoms with van der Waals surface area (Å²) in [7, 11) is -2.41. The molecule has 2 aliphatic carbocycles. The second kappa shape index (κ2) is 15.2. The summed E-state index contributed by atoms with van der Waals surface area (Å²) in [6.07, 6.45) is 7.03. The van der Waals surface area contributed by atoms with Gasteiger partial charge in [-0.25, -0.2) is 18.2 Å². The highest BCUT2D eigenvalue weighted by atomic mass is 35.5. The lowest BCUT2D eigenvalue weighted by Gasteiger charge is -2.32. The molecule has 0 radical (unpaired) electrons. The Morgan fingerprint density at radius 1 is 1.09 bits per heavy atom. The number of carbonyl (C=O) groups is 4. The monoisotopic (exact) mass is 787 g/mol. The van der Waals surface area contributed by atoms with E-state index in [0.717, 1.165) is 12.8 Å². The number of nitrogens with zero attached hydrogens (tertiary/aromatic N) is 2. The fraction of sp³-hybridized carbons (Fsp3) is 0.605. The third-order valence-electron chi connectivity index (χ3n) is 10.6. The molecule has 7 atom stereocenters. The molecule has 3 N–H and O–H groups in total. The minimum absolute atomic E-state index is 0.0104. The number of carbonyl (C=O) groups excluding carboxylic acids is 4. The quantitative estimate of drug-likeness (QED) is 0.335. The van der Waals surface area contributed by atoms with Crippen molar-refractivity contribution in [2.75, 3.05) is 13.7 Å². The summed E-state index contributed by atoms with van der Waals surface area (Å²) >= 11 is 6.54. The summed E-state index contributed by atoms with van der Waals surface area (Å²) < 4.78 is 45.4. The number of pyridine rings is 1. The number of amides is 4. The molecule has 2 saturated carbocycles. The van der Waals surface area contributed by atoms with Gasteiger partial charge in [0.25, 0.3) is 5.91 Å². The number of hydrogen-bond acceptors (Lipinski definition) is 10. The van der Waals surface area contributed by atoms with Crippen LogP contribution >= 0.6 is 11.6 Å². The first-order valence-electron chi connectivity index (χ1n) is 18.6. The van der Waals surface area contributed by atoms with Crippen LogP contribution in [0.3, 0.4) is 0 Å². The van der Waals surface area contributed by atoms with E-state index in [1.807, 2.05) is 26.0 Å². The Hall–Kier alpha value is -4.11. The fourth-order valence-corrected chi connectivity index (χ4v) is 8.99. The van der Waals surface area contributed by atoms with E-state index < -0.39 is 74.3 Å². The van der Waals surface area contributed by atoms with Crippen LogP contribution < -0.4 is 24.8 Å². The average molecular weight is 788 g/mol. The number of aromatic nitrogens is 1. The Morgan fingerprint density at radius 3 is 2.52 bits per heavy atom. The number of rotatable bonds is 7. The third-order valence-corrected chi connectivity index (χ3v) is 12.7. The van der Waals surface area contributed by atoms with Crippen molar-refractivity contribution in [3.8, 4) is 11.6 Å². The molecule has 4 aliphatic rings. The molecule has 0 unspecified atom stereocenters. The maximum absolute atomic E-state index is 14.7. The van der Waals surface area contributed by atoms with Crippen LogP contribution in [0.1, 0.15) is 79.6 Å². The SMILES string of the molecule is COc1cnc(O[C@@H]2C[C@H]3C(=O)N[C@]4(C(=O)NS(=O)(=O)C5CC5)C[C@H]4/C=C\[C@@H](C)CCC[C@@H](C)[C@H](NC(=O)OC(C)(C)C)C(=O)N3C2)c2cccc(Cl)c12. The minimum Gasteiger partial charge on any atom is -0.494 e. The molecule has 54 heavy (non-hydrogen) atoms. The van der Waals surface area contributed by atoms with Crippen LogP contribution in [0.2, 0.25) is 5.02 Å². The molecule has 1 saturated heterocycles. The Kier molecular flexibility index (Phi) is 11.1. The van der Waals surface area contributed by atoms with Gasteiger partial charge in [-0.05, 0) is 76.8 Å². The number of benzene rings is 1. The second-order valence-electron chi connectivity index (χ2n) is 16.1. The largest absolute Gasteiger partial charge is 0.494 e. The summed E-state index contributed by atoms with van der Waals surface area (Å²) in [6, 6.07) is 3.04. The van der Waals surface area contributed by atoms with E-state index in [1.165, 1.54) is 18.2 Å². The van der Waals surface area contributed by atoms with Crippen molar-refractivity contribution < 1.29 is 41.8 Å². The summed E-state index contributed by atoms with van der Waals surface area (Å²) in [5.74, 6) is -2.01. The number of methoxy groups -OCH3 is 1. The van der Waals surface area contributed by atoms with E-state index in [1.54, 1.807) is 39.0 Å². The van der Waals surface area contributed by atoms with Gasteiger partial charge in [-0.2, -0.15) is 0 Å². The lowest BCUT2D eigenvalue weighted by atomic mass is 9.92. The lowest BCUT2D eigenvalue weighted by Crippen LogP contribution is -2.59. The van der Waals surface area contributed by atoms with Gasteiger partial charge in [0.15, 0.2) is 0 Å². The van der Waals surface area contributed by atoms with Crippen molar-refractivity contribution in [2.45, 2.75) is 114 Å². The number of allylic oxidation sites excluding steroid dienone is 1. The first kappa shape index (κ1) is 39.6. The maximum Gasteiger partial charge on any atom is 0.408 e. The van der Waals surface area contributed by atoms with Crippen LogP contribution in [0.15, 0.2) is 36.5 Å². The summed E-state index contributed by atoms with van der Waals surface area (Å²) in [5.41, 5.74) is -2.36. The second-order valence-corrected chi connectivity index (χ2v) is 18.5. The van der Waals surface area contributed by atoms with Gasteiger partial charge >= 0.3 is 6.09 Å². The normalized spacial score (nSPS) is 29.8. The molecule has 0 bridgehead atoms. The van der Waals surface area contributed by atoms with E-state index in [2.05, 4.69) is 20.3 Å². The van der Waals surface area contributed by atoms with Gasteiger partial charge in [0, 0.05) is 23.1 Å². The van der Waals surface area contributed by atoms with Crippen LogP contribution in [0.25, 0.3) is 10.8 Å². The zero-order valence-corrected chi connectivity index (χ0v) is 33.1. The number of fused-ring (bicyclic) bond motifs is 3. The highest BCUT2D eigenvalue weighted by Gasteiger charge is 2.62. The Balaban J connectivity index is 1.35. The molecule has 1 aromatic heterocycles. The fourth-order valence-electron chi connectivity index (χ4n) is 7.36. The van der Waals surface area contributed by atoms with Gasteiger partial charge in [0.2, 0.25) is 27.7 Å². The molecular formula is C38H50ClN5O9S. The van der Waals surface area contributed by atoms with E-state index in [0.29, 0.717) is 40.8 Å². The van der Waals surface area contributed by atoms with Gasteiger partial charge < -0.3 is 29.7 Å². The van der Waals surface area contributed by atoms with Gasteiger partial charge in [0.05, 0.1) is 30.1 Å². The molecule has 16 heteroatoms. The predicted octanol–water partition coefficient (Wildman–Crippen LogP) is 4.63. The topological polar surface area (TPSA) is 182 Å². The molecule has 0 spiro atoms. The van der Waals surface area contributed by atoms with E-state index >= 15 is 0 Å². The van der Waals surface area contributed by atoms with Crippen LogP contribution in [-0.4, -0.2) is 90.3 Å². The zero-order chi connectivity index (χ0) is 39.2. The lowest BCUT2D eigenvalue weighted by molar-refractivity contribution is -0.142. The van der Waals surface area contributed by atoms with Gasteiger partial charge in [0.1, 0.15) is 35.1 Å². The molecule has 2 aliphatic heterocycles. The van der Waals surface area contributed by atoms with Crippen molar-refractivity contribution >= 4 is 56.2 Å². The molecule has 3 fully saturated rings. The first-order chi connectivity index (χ1) is 25.4. The van der Waals surface area contributed by atoms with E-state index in [-0.39, 0.29) is 37.1 Å². The van der Waals surface area contributed by atoms with E-state index in [9.17, 15) is 27.6 Å². The maximum atomic E-state index is 14.7. The number of ether oxygens (including phenoxy) is 3. The van der Waals surface area contributed by atoms with Crippen LogP contribution in [0, 0.1) is 17.8 Å². The minimum atomic E-state index is -3.91. The predicted molar refractivity (Wildman–Crippen MR) is 201 cm³/mol. The molecule has 14 nitrogen and oxygen atoms in total. The van der Waals surface area contributed by atoms with Crippen molar-refractivity contribution in [1.82, 2.24) is 25.2 Å². The number of hydrogen-bond donors (Lipinski definition) is 3. The molecule has 6 rings (SSSR count). The van der Waals surface area contributed by atoms with Crippen molar-refractivity contribution in [3.63, 3.8) is 0 Å². The third kappa shape index (κ3) is 8.56. The molecule has 1 aromatic carbocycles. The standard InChI is InChI=1S/C38H50ClN5O9S/c1-21-9-7-10-22(2)31(41-36(48)53-37(3,4)5)34(46)44-20-24(52-33-26-11-8-12-27(39)30(26)29(51-6)19-40-33)17-28(44)32(45)42-38(18-23(38)14-13-21)35(47)43-54(49,50)25-15-16-25/h8,11-14,19,21-25,28,31H,7,9-10,15-18,20H2,1-6H3,(H,41,48)(H,42,45)(H,43,47)/b14-13-/t21-,22+,23+,24+,28-,31-,38+/m0/s1. The highest BCUT2D eigenvalue weighted by molar-refractivity contribution is 7.91. The Labute approximate surface area is 321 Å².